The Labute approximate surface area is 139 Å². The lowest BCUT2D eigenvalue weighted by Crippen LogP contribution is -2.42. The molecule has 24 heavy (non-hydrogen) atoms. The number of aryl methyl sites for hydroxylation is 2. The number of ketones is 1. The van der Waals surface area contributed by atoms with E-state index in [0.717, 1.165) is 12.8 Å². The van der Waals surface area contributed by atoms with Crippen molar-refractivity contribution in [3.05, 3.63) is 52.7 Å². The van der Waals surface area contributed by atoms with Crippen LogP contribution >= 0.6 is 0 Å². The first-order valence-electron chi connectivity index (χ1n) is 7.99. The third-order valence-electron chi connectivity index (χ3n) is 4.46. The van der Waals surface area contributed by atoms with E-state index in [1.165, 1.54) is 24.3 Å². The summed E-state index contributed by atoms with van der Waals surface area (Å²) in [6.07, 6.45) is 1.48. The van der Waals surface area contributed by atoms with Gasteiger partial charge in [0, 0.05) is 24.6 Å². The predicted molar refractivity (Wildman–Crippen MR) is 85.3 cm³/mol. The van der Waals surface area contributed by atoms with Crippen molar-refractivity contribution < 1.29 is 18.5 Å². The van der Waals surface area contributed by atoms with Gasteiger partial charge in [0.05, 0.1) is 5.69 Å². The molecule has 1 amide bonds. The lowest BCUT2D eigenvalue weighted by atomic mass is 9.89. The number of halogens is 1. The number of likely N-dealkylation sites (tertiary alicyclic amines) is 1. The van der Waals surface area contributed by atoms with E-state index in [-0.39, 0.29) is 23.4 Å². The molecule has 0 saturated carbocycles. The Morgan fingerprint density at radius 3 is 2.58 bits per heavy atom. The first-order chi connectivity index (χ1) is 11.5. The van der Waals surface area contributed by atoms with Crippen molar-refractivity contribution in [2.45, 2.75) is 26.7 Å². The third-order valence-corrected chi connectivity index (χ3v) is 4.46. The van der Waals surface area contributed by atoms with Gasteiger partial charge in [0.1, 0.15) is 17.1 Å². The Hall–Kier alpha value is -2.50. The maximum absolute atomic E-state index is 13.0. The van der Waals surface area contributed by atoms with Crippen LogP contribution in [-0.4, -0.2) is 34.8 Å². The molecule has 1 aromatic carbocycles. The van der Waals surface area contributed by atoms with E-state index in [1.807, 2.05) is 0 Å². The molecule has 0 spiro atoms. The van der Waals surface area contributed by atoms with Crippen LogP contribution in [0.25, 0.3) is 0 Å². The highest BCUT2D eigenvalue weighted by atomic mass is 19.1. The largest absolute Gasteiger partial charge is 0.361 e. The minimum Gasteiger partial charge on any atom is -0.361 e. The van der Waals surface area contributed by atoms with Gasteiger partial charge in [-0.1, -0.05) is 5.16 Å². The number of hydrogen-bond donors (Lipinski definition) is 0. The van der Waals surface area contributed by atoms with E-state index >= 15 is 0 Å². The normalized spacial score (nSPS) is 17.8. The van der Waals surface area contributed by atoms with Crippen LogP contribution in [0.4, 0.5) is 4.39 Å². The maximum Gasteiger partial charge on any atom is 0.259 e. The molecule has 1 aliphatic heterocycles. The quantitative estimate of drug-likeness (QED) is 0.811. The second-order valence-electron chi connectivity index (χ2n) is 6.16. The molecule has 1 saturated heterocycles. The average Bonchev–Trinajstić information content (AvgIpc) is 2.93. The van der Waals surface area contributed by atoms with Gasteiger partial charge in [-0.15, -0.1) is 0 Å². The molecule has 6 heteroatoms. The minimum absolute atomic E-state index is 0.0498. The summed E-state index contributed by atoms with van der Waals surface area (Å²) >= 11 is 0. The van der Waals surface area contributed by atoms with Crippen molar-refractivity contribution in [3.8, 4) is 0 Å². The fourth-order valence-corrected chi connectivity index (χ4v) is 3.17. The molecule has 0 unspecified atom stereocenters. The number of Topliss-reactive ketones (excluding diaryl/α,β-unsaturated/α-hetero) is 1. The van der Waals surface area contributed by atoms with Crippen molar-refractivity contribution >= 4 is 11.7 Å². The van der Waals surface area contributed by atoms with Crippen molar-refractivity contribution in [2.75, 3.05) is 13.1 Å². The lowest BCUT2D eigenvalue weighted by Gasteiger charge is -2.32. The highest BCUT2D eigenvalue weighted by Crippen LogP contribution is 2.24. The number of piperidine rings is 1. The number of aromatic nitrogens is 1. The molecular weight excluding hydrogens is 311 g/mol. The summed E-state index contributed by atoms with van der Waals surface area (Å²) in [4.78, 5) is 27.0. The van der Waals surface area contributed by atoms with Gasteiger partial charge in [0.2, 0.25) is 0 Å². The second-order valence-corrected chi connectivity index (χ2v) is 6.16. The monoisotopic (exact) mass is 330 g/mol. The lowest BCUT2D eigenvalue weighted by molar-refractivity contribution is 0.0635. The van der Waals surface area contributed by atoms with E-state index in [0.29, 0.717) is 35.7 Å². The van der Waals surface area contributed by atoms with Crippen LogP contribution in [0.2, 0.25) is 0 Å². The van der Waals surface area contributed by atoms with E-state index < -0.39 is 0 Å². The Morgan fingerprint density at radius 2 is 1.96 bits per heavy atom. The summed E-state index contributed by atoms with van der Waals surface area (Å²) in [6.45, 7) is 4.41. The number of nitrogens with zero attached hydrogens (tertiary/aromatic N) is 2. The Morgan fingerprint density at radius 1 is 1.25 bits per heavy atom. The van der Waals surface area contributed by atoms with Gasteiger partial charge in [0.15, 0.2) is 5.78 Å². The van der Waals surface area contributed by atoms with Crippen LogP contribution in [0.5, 0.6) is 0 Å². The van der Waals surface area contributed by atoms with Crippen LogP contribution < -0.4 is 0 Å². The number of amides is 1. The molecule has 1 aromatic heterocycles. The predicted octanol–water partition coefficient (Wildman–Crippen LogP) is 3.17. The third kappa shape index (κ3) is 3.09. The Balaban J connectivity index is 1.76. The zero-order chi connectivity index (χ0) is 17.3. The molecule has 0 bridgehead atoms. The topological polar surface area (TPSA) is 63.4 Å². The molecule has 0 N–H and O–H groups in total. The standard InChI is InChI=1S/C18H19FN2O3/c1-11-16(12(2)24-20-11)18(23)21-9-3-4-14(10-21)17(22)13-5-7-15(19)8-6-13/h5-8,14H,3-4,9-10H2,1-2H3/t14-/m0/s1. The van der Waals surface area contributed by atoms with Gasteiger partial charge in [-0.05, 0) is 51.0 Å². The van der Waals surface area contributed by atoms with Crippen LogP contribution in [0.3, 0.4) is 0 Å². The zero-order valence-corrected chi connectivity index (χ0v) is 13.7. The van der Waals surface area contributed by atoms with Crippen LogP contribution in [0.1, 0.15) is 45.0 Å². The molecule has 3 rings (SSSR count). The summed E-state index contributed by atoms with van der Waals surface area (Å²) < 4.78 is 18.1. The molecular formula is C18H19FN2O3. The van der Waals surface area contributed by atoms with Crippen molar-refractivity contribution in [1.29, 1.82) is 0 Å². The fourth-order valence-electron chi connectivity index (χ4n) is 3.17. The molecule has 2 aromatic rings. The first-order valence-corrected chi connectivity index (χ1v) is 7.99. The summed E-state index contributed by atoms with van der Waals surface area (Å²) in [5.41, 5.74) is 1.52. The van der Waals surface area contributed by atoms with Gasteiger partial charge in [0.25, 0.3) is 5.91 Å². The van der Waals surface area contributed by atoms with Gasteiger partial charge in [-0.2, -0.15) is 0 Å². The summed E-state index contributed by atoms with van der Waals surface area (Å²) in [5.74, 6) is -0.349. The molecule has 1 atom stereocenters. The summed E-state index contributed by atoms with van der Waals surface area (Å²) in [6, 6.07) is 5.55. The molecule has 2 heterocycles. The SMILES string of the molecule is Cc1noc(C)c1C(=O)N1CCC[C@H](C(=O)c2ccc(F)cc2)C1. The van der Waals surface area contributed by atoms with Crippen molar-refractivity contribution in [1.82, 2.24) is 10.1 Å². The van der Waals surface area contributed by atoms with Crippen LogP contribution in [-0.2, 0) is 0 Å². The average molecular weight is 330 g/mol. The van der Waals surface area contributed by atoms with Crippen LogP contribution in [0.15, 0.2) is 28.8 Å². The highest BCUT2D eigenvalue weighted by Gasteiger charge is 2.31. The molecule has 1 aliphatic rings. The van der Waals surface area contributed by atoms with Crippen molar-refractivity contribution in [2.24, 2.45) is 5.92 Å². The maximum atomic E-state index is 13.0. The van der Waals surface area contributed by atoms with Gasteiger partial charge >= 0.3 is 0 Å². The molecule has 1 fully saturated rings. The van der Waals surface area contributed by atoms with E-state index in [1.54, 1.807) is 18.7 Å². The van der Waals surface area contributed by atoms with Gasteiger partial charge in [-0.25, -0.2) is 4.39 Å². The Kier molecular flexibility index (Phi) is 4.46. The molecule has 126 valence electrons. The smallest absolute Gasteiger partial charge is 0.259 e. The number of carbonyl (C=O) groups is 2. The second kappa shape index (κ2) is 6.55. The number of hydrogen-bond acceptors (Lipinski definition) is 4. The van der Waals surface area contributed by atoms with E-state index in [4.69, 9.17) is 4.52 Å². The highest BCUT2D eigenvalue weighted by molar-refractivity contribution is 5.99. The fraction of sp³-hybridized carbons (Fsp3) is 0.389. The van der Waals surface area contributed by atoms with Crippen molar-refractivity contribution in [3.63, 3.8) is 0 Å². The van der Waals surface area contributed by atoms with Gasteiger partial charge in [-0.3, -0.25) is 9.59 Å². The zero-order valence-electron chi connectivity index (χ0n) is 13.7. The number of carbonyl (C=O) groups excluding carboxylic acids is 2. The molecule has 0 radical (unpaired) electrons. The first kappa shape index (κ1) is 16.4. The number of benzene rings is 1. The summed E-state index contributed by atoms with van der Waals surface area (Å²) in [5, 5.41) is 3.82. The van der Waals surface area contributed by atoms with Crippen LogP contribution in [0, 0.1) is 25.6 Å². The molecule has 0 aliphatic carbocycles. The number of rotatable bonds is 3. The minimum atomic E-state index is -0.370. The molecule has 5 nitrogen and oxygen atoms in total. The van der Waals surface area contributed by atoms with E-state index in [2.05, 4.69) is 5.16 Å². The Bertz CT molecular complexity index is 748. The van der Waals surface area contributed by atoms with E-state index in [9.17, 15) is 14.0 Å². The summed E-state index contributed by atoms with van der Waals surface area (Å²) in [7, 11) is 0. The van der Waals surface area contributed by atoms with Gasteiger partial charge < -0.3 is 9.42 Å².